The molecule has 2 heterocycles. The molecule has 0 aliphatic heterocycles. The Balaban J connectivity index is 1.67. The monoisotopic (exact) mass is 329 g/mol. The minimum absolute atomic E-state index is 0.0126. The number of carbonyl (C=O) groups is 2. The molecule has 1 amide bonds. The maximum absolute atomic E-state index is 13.7. The number of amides is 1. The number of furan rings is 1. The highest BCUT2D eigenvalue weighted by molar-refractivity contribution is 5.92. The summed E-state index contributed by atoms with van der Waals surface area (Å²) in [5.41, 5.74) is 0.331. The topological polar surface area (TPSA) is 97.4 Å². The number of hydrogen-bond donors (Lipinski definition) is 2. The van der Waals surface area contributed by atoms with Gasteiger partial charge in [-0.15, -0.1) is 0 Å². The summed E-state index contributed by atoms with van der Waals surface area (Å²) in [6.07, 6.45) is 1.47. The molecule has 0 unspecified atom stereocenters. The SMILES string of the molecule is O=C(NCc1ccc(C(=O)O)o1)c1ccn(-c2ccccc2F)n1. The molecule has 3 rings (SSSR count). The molecule has 2 aromatic heterocycles. The van der Waals surface area contributed by atoms with Gasteiger partial charge in [0.15, 0.2) is 5.69 Å². The summed E-state index contributed by atoms with van der Waals surface area (Å²) in [7, 11) is 0. The van der Waals surface area contributed by atoms with Crippen LogP contribution in [-0.2, 0) is 6.54 Å². The van der Waals surface area contributed by atoms with Gasteiger partial charge in [0.2, 0.25) is 5.76 Å². The summed E-state index contributed by atoms with van der Waals surface area (Å²) in [4.78, 5) is 22.8. The molecule has 2 N–H and O–H groups in total. The van der Waals surface area contributed by atoms with Gasteiger partial charge in [0.05, 0.1) is 6.54 Å². The number of aromatic nitrogens is 2. The van der Waals surface area contributed by atoms with Crippen molar-refractivity contribution in [2.45, 2.75) is 6.54 Å². The highest BCUT2D eigenvalue weighted by atomic mass is 19.1. The first-order valence-corrected chi connectivity index (χ1v) is 6.95. The number of carbonyl (C=O) groups excluding carboxylic acids is 1. The van der Waals surface area contributed by atoms with E-state index < -0.39 is 17.7 Å². The summed E-state index contributed by atoms with van der Waals surface area (Å²) in [5.74, 6) is -2.03. The second-order valence-electron chi connectivity index (χ2n) is 4.85. The van der Waals surface area contributed by atoms with Crippen molar-refractivity contribution in [2.75, 3.05) is 0 Å². The average molecular weight is 329 g/mol. The number of para-hydroxylation sites is 1. The number of carboxylic acids is 1. The van der Waals surface area contributed by atoms with E-state index in [0.717, 1.165) is 0 Å². The Hall–Kier alpha value is -3.42. The first kappa shape index (κ1) is 15.5. The standard InChI is InChI=1S/C16H12FN3O4/c17-11-3-1-2-4-13(11)20-8-7-12(19-20)15(21)18-9-10-5-6-14(24-10)16(22)23/h1-8H,9H2,(H,18,21)(H,22,23). The Labute approximate surface area is 135 Å². The predicted octanol–water partition coefficient (Wildman–Crippen LogP) is 2.23. The van der Waals surface area contributed by atoms with E-state index >= 15 is 0 Å². The fourth-order valence-corrected chi connectivity index (χ4v) is 2.06. The normalized spacial score (nSPS) is 10.5. The fraction of sp³-hybridized carbons (Fsp3) is 0.0625. The molecule has 0 bridgehead atoms. The molecule has 1 aromatic carbocycles. The predicted molar refractivity (Wildman–Crippen MR) is 80.4 cm³/mol. The molecule has 0 atom stereocenters. The minimum Gasteiger partial charge on any atom is -0.475 e. The van der Waals surface area contributed by atoms with Gasteiger partial charge >= 0.3 is 5.97 Å². The van der Waals surface area contributed by atoms with Crippen molar-refractivity contribution in [2.24, 2.45) is 0 Å². The smallest absolute Gasteiger partial charge is 0.371 e. The molecule has 0 fully saturated rings. The Morgan fingerprint density at radius 1 is 1.21 bits per heavy atom. The number of benzene rings is 1. The van der Waals surface area contributed by atoms with Gasteiger partial charge in [-0.3, -0.25) is 4.79 Å². The van der Waals surface area contributed by atoms with Gasteiger partial charge in [0, 0.05) is 6.20 Å². The summed E-state index contributed by atoms with van der Waals surface area (Å²) in [6.45, 7) is 0.0126. The maximum Gasteiger partial charge on any atom is 0.371 e. The Kier molecular flexibility index (Phi) is 4.11. The van der Waals surface area contributed by atoms with Crippen LogP contribution in [0, 0.1) is 5.82 Å². The van der Waals surface area contributed by atoms with Crippen LogP contribution in [0.2, 0.25) is 0 Å². The van der Waals surface area contributed by atoms with E-state index in [-0.39, 0.29) is 23.7 Å². The Morgan fingerprint density at radius 2 is 2.00 bits per heavy atom. The van der Waals surface area contributed by atoms with Gasteiger partial charge in [-0.2, -0.15) is 5.10 Å². The molecule has 122 valence electrons. The number of halogens is 1. The molecule has 0 aliphatic carbocycles. The molecule has 0 radical (unpaired) electrons. The number of aromatic carboxylic acids is 1. The van der Waals surface area contributed by atoms with Crippen LogP contribution < -0.4 is 5.32 Å². The molecule has 0 saturated heterocycles. The number of rotatable bonds is 5. The number of hydrogen-bond acceptors (Lipinski definition) is 4. The summed E-state index contributed by atoms with van der Waals surface area (Å²) in [5, 5.41) is 15.3. The minimum atomic E-state index is -1.18. The van der Waals surface area contributed by atoms with Gasteiger partial charge in [-0.25, -0.2) is 13.9 Å². The molecule has 7 nitrogen and oxygen atoms in total. The van der Waals surface area contributed by atoms with Crippen molar-refractivity contribution >= 4 is 11.9 Å². The third-order valence-electron chi connectivity index (χ3n) is 3.22. The molecular weight excluding hydrogens is 317 g/mol. The molecule has 24 heavy (non-hydrogen) atoms. The van der Waals surface area contributed by atoms with E-state index in [4.69, 9.17) is 9.52 Å². The molecule has 0 saturated carbocycles. The lowest BCUT2D eigenvalue weighted by atomic mass is 10.3. The number of nitrogens with one attached hydrogen (secondary N) is 1. The Bertz CT molecular complexity index is 900. The first-order valence-electron chi connectivity index (χ1n) is 6.95. The molecule has 8 heteroatoms. The highest BCUT2D eigenvalue weighted by Crippen LogP contribution is 2.12. The molecule has 0 spiro atoms. The largest absolute Gasteiger partial charge is 0.475 e. The zero-order valence-electron chi connectivity index (χ0n) is 12.3. The molecule has 3 aromatic rings. The van der Waals surface area contributed by atoms with E-state index in [1.54, 1.807) is 18.2 Å². The van der Waals surface area contributed by atoms with E-state index in [1.165, 1.54) is 35.1 Å². The Morgan fingerprint density at radius 3 is 2.71 bits per heavy atom. The van der Waals surface area contributed by atoms with Crippen molar-refractivity contribution in [1.82, 2.24) is 15.1 Å². The van der Waals surface area contributed by atoms with E-state index in [9.17, 15) is 14.0 Å². The first-order chi connectivity index (χ1) is 11.5. The van der Waals surface area contributed by atoms with Crippen LogP contribution >= 0.6 is 0 Å². The van der Waals surface area contributed by atoms with Crippen LogP contribution in [0.4, 0.5) is 4.39 Å². The van der Waals surface area contributed by atoms with Crippen LogP contribution in [0.3, 0.4) is 0 Å². The molecular formula is C16H12FN3O4. The van der Waals surface area contributed by atoms with Crippen LogP contribution in [0.15, 0.2) is 53.1 Å². The zero-order valence-corrected chi connectivity index (χ0v) is 12.3. The lowest BCUT2D eigenvalue weighted by Crippen LogP contribution is -2.23. The summed E-state index contributed by atoms with van der Waals surface area (Å²) in [6, 6.07) is 10.3. The third kappa shape index (κ3) is 3.17. The van der Waals surface area contributed by atoms with E-state index in [0.29, 0.717) is 5.76 Å². The quantitative estimate of drug-likeness (QED) is 0.748. The van der Waals surface area contributed by atoms with Gasteiger partial charge < -0.3 is 14.8 Å². The number of nitrogens with zero attached hydrogens (tertiary/aromatic N) is 2. The van der Waals surface area contributed by atoms with Crippen molar-refractivity contribution < 1.29 is 23.5 Å². The maximum atomic E-state index is 13.7. The zero-order chi connectivity index (χ0) is 17.1. The third-order valence-corrected chi connectivity index (χ3v) is 3.22. The van der Waals surface area contributed by atoms with Gasteiger partial charge in [-0.1, -0.05) is 12.1 Å². The van der Waals surface area contributed by atoms with Gasteiger partial charge in [-0.05, 0) is 30.3 Å². The van der Waals surface area contributed by atoms with E-state index in [1.807, 2.05) is 0 Å². The average Bonchev–Trinajstić information content (AvgIpc) is 3.22. The van der Waals surface area contributed by atoms with E-state index in [2.05, 4.69) is 10.4 Å². The highest BCUT2D eigenvalue weighted by Gasteiger charge is 2.13. The second kappa shape index (κ2) is 6.37. The van der Waals surface area contributed by atoms with Gasteiger partial charge in [0.25, 0.3) is 5.91 Å². The van der Waals surface area contributed by atoms with Crippen LogP contribution in [0.25, 0.3) is 5.69 Å². The summed E-state index contributed by atoms with van der Waals surface area (Å²) >= 11 is 0. The van der Waals surface area contributed by atoms with Crippen LogP contribution in [0.5, 0.6) is 0 Å². The summed E-state index contributed by atoms with van der Waals surface area (Å²) < 4.78 is 20.0. The van der Waals surface area contributed by atoms with Crippen LogP contribution in [0.1, 0.15) is 26.8 Å². The lowest BCUT2D eigenvalue weighted by molar-refractivity contribution is 0.0660. The van der Waals surface area contributed by atoms with Crippen LogP contribution in [-0.4, -0.2) is 26.8 Å². The fourth-order valence-electron chi connectivity index (χ4n) is 2.06. The van der Waals surface area contributed by atoms with Crippen molar-refractivity contribution in [3.8, 4) is 5.69 Å². The van der Waals surface area contributed by atoms with Gasteiger partial charge in [0.1, 0.15) is 17.3 Å². The lowest BCUT2D eigenvalue weighted by Gasteiger charge is -2.03. The van der Waals surface area contributed by atoms with Crippen molar-refractivity contribution in [3.05, 3.63) is 71.7 Å². The van der Waals surface area contributed by atoms with Crippen molar-refractivity contribution in [3.63, 3.8) is 0 Å². The second-order valence-corrected chi connectivity index (χ2v) is 4.85. The van der Waals surface area contributed by atoms with Crippen molar-refractivity contribution in [1.29, 1.82) is 0 Å². The molecule has 0 aliphatic rings. The number of carboxylic acid groups (broad SMARTS) is 1.